The van der Waals surface area contributed by atoms with E-state index in [-0.39, 0.29) is 12.3 Å². The molecule has 1 amide bonds. The molecule has 0 bridgehead atoms. The van der Waals surface area contributed by atoms with Gasteiger partial charge in [-0.25, -0.2) is 0 Å². The number of amides is 1. The molecule has 1 aromatic carbocycles. The first kappa shape index (κ1) is 16.4. The smallest absolute Gasteiger partial charge is 0.225 e. The lowest BCUT2D eigenvalue weighted by molar-refractivity contribution is -0.115. The van der Waals surface area contributed by atoms with Crippen molar-refractivity contribution in [1.29, 1.82) is 5.26 Å². The van der Waals surface area contributed by atoms with E-state index in [9.17, 15) is 9.00 Å². The van der Waals surface area contributed by atoms with Crippen molar-refractivity contribution in [3.8, 4) is 6.07 Å². The minimum atomic E-state index is -0.938. The first-order chi connectivity index (χ1) is 9.51. The number of hydrogen-bond donors (Lipinski definition) is 1. The van der Waals surface area contributed by atoms with E-state index in [0.29, 0.717) is 28.7 Å². The maximum absolute atomic E-state index is 11.7. The minimum Gasteiger partial charge on any atom is -0.326 e. The molecule has 0 saturated carbocycles. The third kappa shape index (κ3) is 6.48. The van der Waals surface area contributed by atoms with Crippen LogP contribution < -0.4 is 5.32 Å². The van der Waals surface area contributed by atoms with Gasteiger partial charge in [0.05, 0.1) is 11.6 Å². The number of carbonyl (C=O) groups is 1. The highest BCUT2D eigenvalue weighted by atomic mass is 32.2. The highest BCUT2D eigenvalue weighted by Crippen LogP contribution is 2.10. The summed E-state index contributed by atoms with van der Waals surface area (Å²) in [7, 11) is -0.938. The average molecular weight is 292 g/mol. The highest BCUT2D eigenvalue weighted by molar-refractivity contribution is 7.84. The van der Waals surface area contributed by atoms with Crippen LogP contribution in [0.25, 0.3) is 0 Å². The summed E-state index contributed by atoms with van der Waals surface area (Å²) >= 11 is 0. The van der Waals surface area contributed by atoms with E-state index >= 15 is 0 Å². The quantitative estimate of drug-likeness (QED) is 0.840. The third-order valence-corrected chi connectivity index (χ3v) is 4.11. The SMILES string of the molecule is CC(C)CCS(=O)CCC(=O)Nc1cccc(C#N)c1. The topological polar surface area (TPSA) is 70.0 Å². The number of hydrogen-bond acceptors (Lipinski definition) is 3. The number of anilines is 1. The Labute approximate surface area is 122 Å². The standard InChI is InChI=1S/C15H20N2O2S/c1-12(2)6-8-20(19)9-7-15(18)17-14-5-3-4-13(10-14)11-16/h3-5,10,12H,6-9H2,1-2H3,(H,17,18). The van der Waals surface area contributed by atoms with Crippen molar-refractivity contribution in [3.63, 3.8) is 0 Å². The van der Waals surface area contributed by atoms with Gasteiger partial charge in [0.2, 0.25) is 5.91 Å². The summed E-state index contributed by atoms with van der Waals surface area (Å²) < 4.78 is 11.7. The van der Waals surface area contributed by atoms with Crippen LogP contribution in [-0.4, -0.2) is 21.6 Å². The average Bonchev–Trinajstić information content (AvgIpc) is 2.43. The van der Waals surface area contributed by atoms with Crippen LogP contribution in [0.2, 0.25) is 0 Å². The van der Waals surface area contributed by atoms with Gasteiger partial charge in [-0.1, -0.05) is 19.9 Å². The third-order valence-electron chi connectivity index (χ3n) is 2.76. The van der Waals surface area contributed by atoms with E-state index in [4.69, 9.17) is 5.26 Å². The largest absolute Gasteiger partial charge is 0.326 e. The van der Waals surface area contributed by atoms with Crippen LogP contribution in [0.3, 0.4) is 0 Å². The second kappa shape index (κ2) is 8.49. The molecule has 5 heteroatoms. The lowest BCUT2D eigenvalue weighted by atomic mass is 10.2. The van der Waals surface area contributed by atoms with Gasteiger partial charge in [-0.2, -0.15) is 5.26 Å². The van der Waals surface area contributed by atoms with Gasteiger partial charge >= 0.3 is 0 Å². The number of nitriles is 1. The number of benzene rings is 1. The molecule has 0 spiro atoms. The summed E-state index contributed by atoms with van der Waals surface area (Å²) in [4.78, 5) is 11.7. The number of nitrogens with one attached hydrogen (secondary N) is 1. The van der Waals surface area contributed by atoms with Crippen LogP contribution in [-0.2, 0) is 15.6 Å². The maximum atomic E-state index is 11.7. The summed E-state index contributed by atoms with van der Waals surface area (Å²) in [6, 6.07) is 8.76. The van der Waals surface area contributed by atoms with Gasteiger partial charge in [0.15, 0.2) is 0 Å². The molecule has 1 unspecified atom stereocenters. The van der Waals surface area contributed by atoms with E-state index in [0.717, 1.165) is 6.42 Å². The van der Waals surface area contributed by atoms with E-state index in [1.54, 1.807) is 24.3 Å². The zero-order valence-electron chi connectivity index (χ0n) is 11.9. The van der Waals surface area contributed by atoms with E-state index in [1.165, 1.54) is 0 Å². The molecule has 0 fully saturated rings. The number of carbonyl (C=O) groups excluding carboxylic acids is 1. The van der Waals surface area contributed by atoms with Crippen molar-refractivity contribution < 1.29 is 9.00 Å². The Morgan fingerprint density at radius 1 is 1.40 bits per heavy atom. The molecule has 0 aromatic heterocycles. The maximum Gasteiger partial charge on any atom is 0.225 e. The Kier molecular flexibility index (Phi) is 6.96. The van der Waals surface area contributed by atoms with Gasteiger partial charge in [0.1, 0.15) is 0 Å². The summed E-state index contributed by atoms with van der Waals surface area (Å²) in [5.41, 5.74) is 1.10. The van der Waals surface area contributed by atoms with Gasteiger partial charge in [-0.05, 0) is 30.5 Å². The van der Waals surface area contributed by atoms with Crippen molar-refractivity contribution in [3.05, 3.63) is 29.8 Å². The second-order valence-corrected chi connectivity index (χ2v) is 6.72. The van der Waals surface area contributed by atoms with E-state index in [1.807, 2.05) is 6.07 Å². The van der Waals surface area contributed by atoms with Gasteiger partial charge in [0.25, 0.3) is 0 Å². The van der Waals surface area contributed by atoms with Gasteiger partial charge in [-0.15, -0.1) is 0 Å². The number of nitrogens with zero attached hydrogens (tertiary/aromatic N) is 1. The van der Waals surface area contributed by atoms with Crippen molar-refractivity contribution >= 4 is 22.4 Å². The zero-order chi connectivity index (χ0) is 15.0. The molecule has 0 aliphatic carbocycles. The van der Waals surface area contributed by atoms with Crippen LogP contribution in [0.15, 0.2) is 24.3 Å². The molecule has 4 nitrogen and oxygen atoms in total. The molecule has 0 aliphatic heterocycles. The lowest BCUT2D eigenvalue weighted by Crippen LogP contribution is -2.16. The summed E-state index contributed by atoms with van der Waals surface area (Å²) in [6.45, 7) is 4.18. The van der Waals surface area contributed by atoms with Crippen LogP contribution in [0.4, 0.5) is 5.69 Å². The molecule has 1 rings (SSSR count). The fourth-order valence-corrected chi connectivity index (χ4v) is 2.92. The van der Waals surface area contributed by atoms with Crippen molar-refractivity contribution in [2.75, 3.05) is 16.8 Å². The fourth-order valence-electron chi connectivity index (χ4n) is 1.57. The Balaban J connectivity index is 2.36. The molecule has 1 aromatic rings. The van der Waals surface area contributed by atoms with Gasteiger partial charge in [-0.3, -0.25) is 9.00 Å². The zero-order valence-corrected chi connectivity index (χ0v) is 12.7. The predicted molar refractivity (Wildman–Crippen MR) is 81.7 cm³/mol. The molecule has 0 radical (unpaired) electrons. The normalized spacial score (nSPS) is 11.9. The second-order valence-electron chi connectivity index (χ2n) is 5.02. The molecule has 108 valence electrons. The Bertz CT molecular complexity index is 521. The van der Waals surface area contributed by atoms with Crippen LogP contribution >= 0.6 is 0 Å². The summed E-state index contributed by atoms with van der Waals surface area (Å²) in [5, 5.41) is 11.5. The molecule has 0 aliphatic rings. The van der Waals surface area contributed by atoms with Gasteiger partial charge in [0, 0.05) is 34.4 Å². The molecule has 1 atom stereocenters. The Hall–Kier alpha value is -1.67. The molecule has 0 heterocycles. The van der Waals surface area contributed by atoms with Crippen LogP contribution in [0.1, 0.15) is 32.3 Å². The first-order valence-electron chi connectivity index (χ1n) is 6.66. The number of rotatable bonds is 7. The van der Waals surface area contributed by atoms with Gasteiger partial charge < -0.3 is 5.32 Å². The van der Waals surface area contributed by atoms with Crippen molar-refractivity contribution in [2.45, 2.75) is 26.7 Å². The van der Waals surface area contributed by atoms with E-state index < -0.39 is 10.8 Å². The van der Waals surface area contributed by atoms with Crippen LogP contribution in [0.5, 0.6) is 0 Å². The molecule has 20 heavy (non-hydrogen) atoms. The summed E-state index contributed by atoms with van der Waals surface area (Å²) in [5.74, 6) is 1.39. The lowest BCUT2D eigenvalue weighted by Gasteiger charge is -2.06. The van der Waals surface area contributed by atoms with E-state index in [2.05, 4.69) is 19.2 Å². The Morgan fingerprint density at radius 3 is 2.80 bits per heavy atom. The predicted octanol–water partition coefficient (Wildman–Crippen LogP) is 2.68. The molecule has 1 N–H and O–H groups in total. The van der Waals surface area contributed by atoms with Crippen molar-refractivity contribution in [2.24, 2.45) is 5.92 Å². The monoisotopic (exact) mass is 292 g/mol. The Morgan fingerprint density at radius 2 is 2.15 bits per heavy atom. The van der Waals surface area contributed by atoms with Crippen molar-refractivity contribution in [1.82, 2.24) is 0 Å². The fraction of sp³-hybridized carbons (Fsp3) is 0.467. The molecular weight excluding hydrogens is 272 g/mol. The molecular formula is C15H20N2O2S. The highest BCUT2D eigenvalue weighted by Gasteiger charge is 2.07. The first-order valence-corrected chi connectivity index (χ1v) is 8.15. The van der Waals surface area contributed by atoms with Crippen LogP contribution in [0, 0.1) is 17.2 Å². The molecule has 0 saturated heterocycles. The minimum absolute atomic E-state index is 0.169. The summed E-state index contributed by atoms with van der Waals surface area (Å²) in [6.07, 6.45) is 1.15.